The Morgan fingerprint density at radius 3 is 0.987 bits per heavy atom. The summed E-state index contributed by atoms with van der Waals surface area (Å²) in [6.45, 7) is 38.9. The number of rotatable bonds is 25. The molecule has 3 N–H and O–H groups in total. The molecule has 16 heterocycles. The van der Waals surface area contributed by atoms with Crippen LogP contribution >= 0.6 is 92.8 Å². The lowest BCUT2D eigenvalue weighted by atomic mass is 9.80. The Morgan fingerprint density at radius 2 is 0.678 bits per heavy atom. The Labute approximate surface area is 898 Å². The number of benzene rings is 4. The summed E-state index contributed by atoms with van der Waals surface area (Å²) in [5.74, 6) is 7.02. The number of carbonyl (C=O) groups excluding carboxylic acids is 2. The fraction of sp³-hybridized carbons (Fsp3) is 0.553. The number of hydrogen-bond acceptors (Lipinski definition) is 23. The van der Waals surface area contributed by atoms with Gasteiger partial charge in [0, 0.05) is 171 Å². The number of β-amino-alcohol motifs (C(OH)–C–C–N with tert-alkyl or cyclic N) is 1. The van der Waals surface area contributed by atoms with Crippen molar-refractivity contribution < 1.29 is 54.2 Å². The molecule has 2 amide bonds. The predicted molar refractivity (Wildman–Crippen MR) is 566 cm³/mol. The number of piperidine rings is 4. The first-order valence-corrected chi connectivity index (χ1v) is 53.9. The maximum Gasteiger partial charge on any atom is 0.437 e. The molecule has 0 aliphatic carbocycles. The van der Waals surface area contributed by atoms with Crippen LogP contribution in [0.15, 0.2) is 97.6 Å². The molecular formula is C103H123Cl8F9N26O3. The van der Waals surface area contributed by atoms with Gasteiger partial charge in [-0.05, 0) is 258 Å². The Kier molecular flexibility index (Phi) is 34.6. The van der Waals surface area contributed by atoms with Crippen LogP contribution in [0.3, 0.4) is 0 Å². The highest BCUT2D eigenvalue weighted by Crippen LogP contribution is 2.46. The van der Waals surface area contributed by atoms with Crippen LogP contribution in [0.2, 0.25) is 40.2 Å². The number of nitrogens with one attached hydrogen (secondary N) is 2. The van der Waals surface area contributed by atoms with E-state index in [1.807, 2.05) is 36.9 Å². The average Bonchev–Trinajstić information content (AvgIpc) is 1.61. The van der Waals surface area contributed by atoms with Crippen molar-refractivity contribution in [2.75, 3.05) is 150 Å². The summed E-state index contributed by atoms with van der Waals surface area (Å²) in [5, 5.41) is 35.6. The molecule has 12 aromatic rings. The largest absolute Gasteiger partial charge is 0.437 e. The molecule has 0 saturated carbocycles. The number of aliphatic hydroxyl groups excluding tert-OH is 1. The molecule has 10 unspecified atom stereocenters. The first-order chi connectivity index (χ1) is 70.7. The number of alkyl halides is 9. The quantitative estimate of drug-likeness (QED) is 0.0448. The van der Waals surface area contributed by atoms with Gasteiger partial charge in [0.2, 0.25) is 11.8 Å². The zero-order valence-electron chi connectivity index (χ0n) is 84.6. The summed E-state index contributed by atoms with van der Waals surface area (Å²) in [6.07, 6.45) is 1.13. The summed E-state index contributed by atoms with van der Waals surface area (Å²) in [7, 11) is 0. The van der Waals surface area contributed by atoms with E-state index in [2.05, 4.69) is 116 Å². The molecule has 8 aliphatic rings. The fourth-order valence-corrected chi connectivity index (χ4v) is 24.5. The molecule has 46 heteroatoms. The van der Waals surface area contributed by atoms with E-state index in [-0.39, 0.29) is 63.5 Å². The summed E-state index contributed by atoms with van der Waals surface area (Å²) < 4.78 is 130. The molecule has 8 aliphatic heterocycles. The lowest BCUT2D eigenvalue weighted by Gasteiger charge is -2.47. The third-order valence-electron chi connectivity index (χ3n) is 30.4. The molecule has 20 rings (SSSR count). The predicted octanol–water partition coefficient (Wildman–Crippen LogP) is 21.4. The molecule has 10 atom stereocenters. The van der Waals surface area contributed by atoms with Crippen LogP contribution in [0, 0.1) is 54.3 Å². The average molecular weight is 2230 g/mol. The first-order valence-electron chi connectivity index (χ1n) is 50.8. The van der Waals surface area contributed by atoms with E-state index in [0.717, 1.165) is 178 Å². The third kappa shape index (κ3) is 25.5. The number of aromatic nitrogens is 16. The minimum atomic E-state index is -4.69. The molecule has 149 heavy (non-hydrogen) atoms. The van der Waals surface area contributed by atoms with Crippen molar-refractivity contribution in [3.8, 4) is 0 Å². The topological polar surface area (TPSA) is 279 Å². The van der Waals surface area contributed by atoms with Crippen LogP contribution in [0.1, 0.15) is 190 Å². The van der Waals surface area contributed by atoms with E-state index >= 15 is 0 Å². The fourth-order valence-electron chi connectivity index (χ4n) is 22.3. The normalized spacial score (nSPS) is 20.6. The van der Waals surface area contributed by atoms with Crippen molar-refractivity contribution in [2.24, 2.45) is 47.3 Å². The number of nitrogens with zero attached hydrogens (tertiary/aromatic N) is 24. The van der Waals surface area contributed by atoms with Gasteiger partial charge in [0.1, 0.15) is 45.3 Å². The van der Waals surface area contributed by atoms with Crippen LogP contribution < -0.4 is 30.2 Å². The number of fused-ring (bicyclic) bond motifs is 4. The molecule has 802 valence electrons. The van der Waals surface area contributed by atoms with Crippen LogP contribution in [0.4, 0.5) is 62.8 Å². The zero-order valence-corrected chi connectivity index (χ0v) is 90.7. The number of anilines is 4. The smallest absolute Gasteiger partial charge is 0.392 e. The Balaban J connectivity index is 0.000000135. The molecular weight excluding hydrogens is 2100 g/mol. The van der Waals surface area contributed by atoms with Crippen LogP contribution in [0.5, 0.6) is 0 Å². The van der Waals surface area contributed by atoms with Gasteiger partial charge in [-0.2, -0.15) is 59.9 Å². The van der Waals surface area contributed by atoms with Gasteiger partial charge in [0.05, 0.1) is 60.8 Å². The van der Waals surface area contributed by atoms with Crippen molar-refractivity contribution in [2.45, 2.75) is 188 Å². The zero-order chi connectivity index (χ0) is 106. The highest BCUT2D eigenvalue weighted by atomic mass is 35.5. The van der Waals surface area contributed by atoms with Gasteiger partial charge in [0.25, 0.3) is 0 Å². The molecule has 8 aromatic heterocycles. The Hall–Kier alpha value is -9.29. The van der Waals surface area contributed by atoms with E-state index in [1.54, 1.807) is 95.3 Å². The van der Waals surface area contributed by atoms with Crippen LogP contribution in [-0.4, -0.2) is 265 Å². The van der Waals surface area contributed by atoms with Crippen molar-refractivity contribution in [3.05, 3.63) is 183 Å². The number of aliphatic hydroxyl groups is 1. The monoisotopic (exact) mass is 2220 g/mol. The Morgan fingerprint density at radius 1 is 0.383 bits per heavy atom. The second kappa shape index (κ2) is 46.6. The van der Waals surface area contributed by atoms with Gasteiger partial charge < -0.3 is 54.9 Å². The lowest BCUT2D eigenvalue weighted by Crippen LogP contribution is -2.54. The number of halogens is 17. The van der Waals surface area contributed by atoms with Crippen molar-refractivity contribution >= 4 is 173 Å². The van der Waals surface area contributed by atoms with Gasteiger partial charge in [-0.3, -0.25) is 9.59 Å². The molecule has 0 spiro atoms. The van der Waals surface area contributed by atoms with Gasteiger partial charge >= 0.3 is 18.5 Å². The van der Waals surface area contributed by atoms with Gasteiger partial charge in [-0.25, -0.2) is 58.6 Å². The molecule has 8 fully saturated rings. The number of aryl methyl sites for hydroxylation is 1. The molecule has 4 aromatic carbocycles. The minimum absolute atomic E-state index is 0.0249. The van der Waals surface area contributed by atoms with Crippen LogP contribution in [-0.2, 0) is 28.1 Å². The summed E-state index contributed by atoms with van der Waals surface area (Å²) in [4.78, 5) is 76.9. The number of amides is 2. The van der Waals surface area contributed by atoms with E-state index in [9.17, 15) is 54.2 Å². The molecule has 8 saturated heterocycles. The number of likely N-dealkylation sites (tertiary alicyclic amines) is 4. The summed E-state index contributed by atoms with van der Waals surface area (Å²) >= 11 is 49.7. The van der Waals surface area contributed by atoms with Gasteiger partial charge in [-0.15, -0.1) is 0 Å². The lowest BCUT2D eigenvalue weighted by molar-refractivity contribution is -0.141. The molecule has 0 bridgehead atoms. The minimum Gasteiger partial charge on any atom is -0.392 e. The first kappa shape index (κ1) is 111. The van der Waals surface area contributed by atoms with Crippen molar-refractivity contribution in [1.29, 1.82) is 0 Å². The molecule has 29 nitrogen and oxygen atoms in total. The van der Waals surface area contributed by atoms with Gasteiger partial charge in [-0.1, -0.05) is 117 Å². The molecule has 0 radical (unpaired) electrons. The number of carbonyl (C=O) groups is 2. The van der Waals surface area contributed by atoms with Crippen molar-refractivity contribution in [3.63, 3.8) is 0 Å². The van der Waals surface area contributed by atoms with E-state index in [1.165, 1.54) is 65.2 Å². The standard InChI is InChI=1S/C27H32Cl2F3N7O.C26H33Cl2N7O.C25H29Cl2F3N6O.C25H29Cl2F3N6/c1-15(34-17(3)40)11-37-8-4-5-18(12-37)19-13-38(14-19)23-10-33-24-25(27(30,31)32)36-39(26(24)35-23)16(2)21-7-6-20(28)9-22(21)29;1-16-25-26(35(32-16)17(2)22-7-6-21(27)11-23(22)28)31-24(12-30-25)34-14-20(15-34)19-5-4-9-33(13-19)10-8-29-18(3)36;1-14(37)10-34-7-3-4-16(11-34)17-12-35(13-17)21-9-31-22-23(25(28,29)30)33-36(24(22)32-21)15(2)19-6-5-18(26)8-20(19)27;1-14(2)34-8-4-5-16(11-34)17-12-35(13-17)21-10-31-22-23(25(28,29)30)33-36(24(22)32-21)15(3)19-7-6-18(26)9-20(19)27/h6-7,9-10,15-16,18-19H,4-5,8,11-14H2,1-3H3,(H,34,40);6-7,11-12,17,19-20H,4-5,8-10,13-15H2,1-3H3,(H,29,36);5-6,8-9,14-17,37H,3-4,7,10-13H2,1-2H3;6-7,9-10,14-17H,4-5,8,11-13H2,1-3H3. The maximum absolute atomic E-state index is 13.9. The van der Waals surface area contributed by atoms with Gasteiger partial charge in [0.15, 0.2) is 39.7 Å². The third-order valence-corrected chi connectivity index (χ3v) is 32.7. The number of hydrogen-bond donors (Lipinski definition) is 3. The highest BCUT2D eigenvalue weighted by molar-refractivity contribution is 6.37. The second-order valence-corrected chi connectivity index (χ2v) is 44.9. The maximum atomic E-state index is 13.9. The summed E-state index contributed by atoms with van der Waals surface area (Å²) in [6, 6.07) is 18.9. The SMILES string of the molecule is CC(=O)NC(C)CN1CCCC(C2CN(c3cnc4c(C(F)(F)F)nn(C(C)c5ccc(Cl)cc5Cl)c4n3)C2)C1.CC(=O)NCCN1CCCC(C2CN(c3cnc4c(C)nn(C(C)c5ccc(Cl)cc5Cl)c4n3)C2)C1.CC(C)N1CCCC(C2CN(c3cnc4c(C(F)(F)F)nn(C(C)c5ccc(Cl)cc5Cl)c4n3)C2)C1.CC(O)CN1CCCC(C2CN(c3cnc4c(C(F)(F)F)nn(C(C)c5ccc(Cl)cc5Cl)c4n3)C2)C1. The van der Waals surface area contributed by atoms with Crippen molar-refractivity contribution in [1.82, 2.24) is 109 Å². The van der Waals surface area contributed by atoms with Crippen LogP contribution in [0.25, 0.3) is 44.7 Å². The highest BCUT2D eigenvalue weighted by Gasteiger charge is 2.47. The van der Waals surface area contributed by atoms with E-state index in [4.69, 9.17) is 108 Å². The van der Waals surface area contributed by atoms with E-state index < -0.39 is 53.7 Å². The van der Waals surface area contributed by atoms with E-state index in [0.29, 0.717) is 134 Å². The Bertz CT molecular complexity index is 6770. The second-order valence-electron chi connectivity index (χ2n) is 41.5. The summed E-state index contributed by atoms with van der Waals surface area (Å²) in [5.41, 5.74) is 1.32.